The van der Waals surface area contributed by atoms with E-state index < -0.39 is 213 Å². The van der Waals surface area contributed by atoms with Gasteiger partial charge in [0.1, 0.15) is 102 Å². The monoisotopic (exact) mass is 1400 g/mol. The molecule has 34 heteroatoms. The van der Waals surface area contributed by atoms with Crippen LogP contribution >= 0.6 is 23.2 Å². The molecule has 0 bridgehead atoms. The highest BCUT2D eigenvalue weighted by Crippen LogP contribution is 2.53. The van der Waals surface area contributed by atoms with E-state index in [1.54, 1.807) is 48.5 Å². The number of ketones is 1. The highest BCUT2D eigenvalue weighted by Gasteiger charge is 2.73. The lowest BCUT2D eigenvalue weighted by Crippen LogP contribution is -2.72. The molecular formula is C61H88Cl2O32. The van der Waals surface area contributed by atoms with Crippen LogP contribution in [-0.2, 0) is 114 Å². The summed E-state index contributed by atoms with van der Waals surface area (Å²) in [4.78, 5) is 39.8. The number of hydrogen-bond donors (Lipinski definition) is 6. The van der Waals surface area contributed by atoms with E-state index in [1.165, 1.54) is 49.2 Å². The number of methoxy groups -OCH3 is 4. The molecule has 32 nitrogen and oxygen atoms in total. The minimum absolute atomic E-state index is 0.00220. The predicted octanol–water partition coefficient (Wildman–Crippen LogP) is 1.05. The molecule has 95 heavy (non-hydrogen) atoms. The van der Waals surface area contributed by atoms with Gasteiger partial charge in [-0.25, -0.2) is 4.79 Å². The number of benzene rings is 1. The van der Waals surface area contributed by atoms with Gasteiger partial charge in [0.2, 0.25) is 6.29 Å². The quantitative estimate of drug-likeness (QED) is 0.112. The number of phenolic OH excluding ortho intramolecular Hbond substituents is 1. The molecule has 31 atom stereocenters. The highest BCUT2D eigenvalue weighted by atomic mass is 35.5. The molecule has 0 amide bonds. The van der Waals surface area contributed by atoms with Crippen molar-refractivity contribution in [2.24, 2.45) is 5.92 Å². The van der Waals surface area contributed by atoms with Crippen LogP contribution in [0.3, 0.4) is 0 Å². The van der Waals surface area contributed by atoms with Gasteiger partial charge >= 0.3 is 17.9 Å². The molecule has 0 saturated carbocycles. The Hall–Kier alpha value is -2.99. The van der Waals surface area contributed by atoms with Crippen molar-refractivity contribution in [1.82, 2.24) is 0 Å². The van der Waals surface area contributed by atoms with Crippen LogP contribution in [-0.4, -0.2) is 286 Å². The van der Waals surface area contributed by atoms with Crippen LogP contribution in [0.25, 0.3) is 0 Å². The summed E-state index contributed by atoms with van der Waals surface area (Å²) in [5, 5.41) is 69.2. The van der Waals surface area contributed by atoms with Crippen LogP contribution in [0.2, 0.25) is 10.0 Å². The van der Waals surface area contributed by atoms with E-state index in [2.05, 4.69) is 0 Å². The van der Waals surface area contributed by atoms with Crippen molar-refractivity contribution in [3.63, 3.8) is 0 Å². The van der Waals surface area contributed by atoms with E-state index in [4.69, 9.17) is 132 Å². The van der Waals surface area contributed by atoms with Gasteiger partial charge in [-0.3, -0.25) is 9.59 Å². The minimum atomic E-state index is -2.13. The number of aromatic hydroxyl groups is 1. The lowest BCUT2D eigenvalue weighted by molar-refractivity contribution is -0.428. The van der Waals surface area contributed by atoms with E-state index in [1.807, 2.05) is 0 Å². The van der Waals surface area contributed by atoms with E-state index in [0.29, 0.717) is 0 Å². The first-order valence-electron chi connectivity index (χ1n) is 31.7. The molecule has 6 N–H and O–H groups in total. The second kappa shape index (κ2) is 28.4. The Bertz CT molecular complexity index is 2890. The molecule has 1 aromatic rings. The van der Waals surface area contributed by atoms with Crippen LogP contribution in [0.1, 0.15) is 97.5 Å². The van der Waals surface area contributed by atoms with Gasteiger partial charge in [0.05, 0.1) is 80.4 Å². The molecule has 2 spiro atoms. The smallest absolute Gasteiger partial charge is 0.344 e. The Morgan fingerprint density at radius 1 is 0.653 bits per heavy atom. The average Bonchev–Trinajstić information content (AvgIpc) is 1.59. The number of phenols is 1. The zero-order chi connectivity index (χ0) is 68.9. The number of carbonyl (C=O) groups excluding carboxylic acids is 3. The second-order valence-electron chi connectivity index (χ2n) is 26.2. The maximum absolute atomic E-state index is 13.5. The Morgan fingerprint density at radius 3 is 1.99 bits per heavy atom. The third kappa shape index (κ3) is 13.4. The van der Waals surface area contributed by atoms with Crippen molar-refractivity contribution >= 4 is 40.9 Å². The summed E-state index contributed by atoms with van der Waals surface area (Å²) in [6.45, 7) is 15.0. The zero-order valence-electron chi connectivity index (χ0n) is 55.0. The molecule has 10 heterocycles. The van der Waals surface area contributed by atoms with Gasteiger partial charge in [-0.1, -0.05) is 37.0 Å². The second-order valence-corrected chi connectivity index (χ2v) is 27.0. The summed E-state index contributed by atoms with van der Waals surface area (Å²) in [5.74, 6) is -7.41. The summed E-state index contributed by atoms with van der Waals surface area (Å²) in [6.07, 6.45) is -32.9. The van der Waals surface area contributed by atoms with Crippen molar-refractivity contribution in [2.75, 3.05) is 48.4 Å². The van der Waals surface area contributed by atoms with Gasteiger partial charge in [0.15, 0.2) is 60.6 Å². The van der Waals surface area contributed by atoms with Crippen LogP contribution in [0.4, 0.5) is 0 Å². The van der Waals surface area contributed by atoms with E-state index >= 15 is 0 Å². The number of fused-ring (bicyclic) bond motifs is 4. The third-order valence-electron chi connectivity index (χ3n) is 19.4. The molecule has 0 radical (unpaired) electrons. The van der Waals surface area contributed by atoms with E-state index in [-0.39, 0.29) is 71.9 Å². The average molecular weight is 1400 g/mol. The van der Waals surface area contributed by atoms with E-state index in [0.717, 1.165) is 0 Å². The molecule has 10 aliphatic heterocycles. The molecule has 11 rings (SSSR count). The SMILES string of the molecule is COCC1OC(OC2OCC3OC4(OC3C2OC(=O)C(C)C)OC(C)C(O)(C(C)=O)C2OCOC24)C(OC)C(O)C1OC1OC(C)C(OC)C(OC2CC3(C)OC4(CC(O)C(OC5CC(O)C(OC(=O)c6c(Cl)c(C)c(O)c(Cl)c6OC)C(C)O5)C(C)O4)OC3C(C)O2)C1O. The van der Waals surface area contributed by atoms with Gasteiger partial charge < -0.3 is 140 Å². The number of rotatable bonds is 18. The first-order chi connectivity index (χ1) is 44.9. The largest absolute Gasteiger partial charge is 0.506 e. The van der Waals surface area contributed by atoms with Gasteiger partial charge in [-0.05, 0) is 55.4 Å². The highest BCUT2D eigenvalue weighted by molar-refractivity contribution is 6.38. The van der Waals surface area contributed by atoms with Gasteiger partial charge in [0, 0.05) is 39.7 Å². The molecule has 10 saturated heterocycles. The summed E-state index contributed by atoms with van der Waals surface area (Å²) < 4.78 is 142. The Morgan fingerprint density at radius 2 is 1.34 bits per heavy atom. The molecule has 31 unspecified atom stereocenters. The maximum atomic E-state index is 13.5. The Kier molecular flexibility index (Phi) is 21.9. The number of Topliss-reactive ketones (excluding diaryl/α,β-unsaturated/α-hetero) is 1. The fourth-order valence-electron chi connectivity index (χ4n) is 14.5. The molecule has 1 aromatic carbocycles. The Labute approximate surface area is 557 Å². The van der Waals surface area contributed by atoms with Crippen LogP contribution in [0.5, 0.6) is 11.5 Å². The van der Waals surface area contributed by atoms with Crippen molar-refractivity contribution in [1.29, 1.82) is 0 Å². The summed E-state index contributed by atoms with van der Waals surface area (Å²) >= 11 is 12.7. The Balaban J connectivity index is 0.722. The van der Waals surface area contributed by atoms with Crippen molar-refractivity contribution in [3.8, 4) is 11.5 Å². The normalized spacial score (nSPS) is 47.3. The molecule has 10 fully saturated rings. The molecular weight excluding hydrogens is 1320 g/mol. The number of ether oxygens (including phenoxy) is 23. The number of esters is 2. The fourth-order valence-corrected chi connectivity index (χ4v) is 15.1. The molecule has 0 aromatic heterocycles. The minimum Gasteiger partial charge on any atom is -0.506 e. The first-order valence-corrected chi connectivity index (χ1v) is 32.5. The van der Waals surface area contributed by atoms with Crippen molar-refractivity contribution < 1.29 is 154 Å². The lowest BCUT2D eigenvalue weighted by atomic mass is 9.81. The zero-order valence-corrected chi connectivity index (χ0v) is 56.5. The van der Waals surface area contributed by atoms with Crippen molar-refractivity contribution in [3.05, 3.63) is 21.2 Å². The van der Waals surface area contributed by atoms with Gasteiger partial charge in [-0.15, -0.1) is 0 Å². The third-order valence-corrected chi connectivity index (χ3v) is 20.2. The molecule has 538 valence electrons. The number of halogens is 2. The number of carbonyl (C=O) groups is 3. The number of aliphatic hydroxyl groups excluding tert-OH is 4. The topological polar surface area (TPSA) is 385 Å². The maximum Gasteiger partial charge on any atom is 0.344 e. The van der Waals surface area contributed by atoms with Gasteiger partial charge in [-0.2, -0.15) is 0 Å². The number of aliphatic hydroxyl groups is 5. The van der Waals surface area contributed by atoms with E-state index in [9.17, 15) is 45.0 Å². The summed E-state index contributed by atoms with van der Waals surface area (Å²) in [6, 6.07) is 0. The predicted molar refractivity (Wildman–Crippen MR) is 313 cm³/mol. The molecule has 0 aliphatic carbocycles. The molecule has 10 aliphatic rings. The standard InChI is InChI=1S/C61H88Cl2O32/c1-21(2)53(70)87-49-45-32(92-61(93-45)52-51(78-20-79-52)60(72,27(8)64)28(9)91-61)19-77-56(49)89-57-48(76-14)39(68)44(31(83-57)18-73-11)88-55-40(69)47(43(74-12)24(5)82-55)85-34-17-58(10)50(26(7)81-34)94-59(95-58)16-30(66)42(25(6)90-59)84-33-15-29(65)41(23(4)80-33)86-54(71)35-36(62)22(3)38(67)37(63)46(35)75-13/h21,23-26,28-34,39-45,47-52,55-57,65-69,72H,15-20H2,1-14H3. The number of hydrogen-bond acceptors (Lipinski definition) is 32. The van der Waals surface area contributed by atoms with Crippen LogP contribution in [0.15, 0.2) is 0 Å². The fraction of sp³-hybridized carbons (Fsp3) is 0.852. The van der Waals surface area contributed by atoms with Gasteiger partial charge in [0.25, 0.3) is 5.97 Å². The lowest BCUT2D eigenvalue weighted by Gasteiger charge is -2.49. The van der Waals surface area contributed by atoms with Crippen LogP contribution < -0.4 is 4.74 Å². The van der Waals surface area contributed by atoms with Crippen LogP contribution in [0, 0.1) is 12.8 Å². The summed E-state index contributed by atoms with van der Waals surface area (Å²) in [5.41, 5.74) is -3.47. The van der Waals surface area contributed by atoms with Crippen molar-refractivity contribution in [2.45, 2.75) is 277 Å². The first kappa shape index (κ1) is 73.2. The summed E-state index contributed by atoms with van der Waals surface area (Å²) in [7, 11) is 5.34.